The van der Waals surface area contributed by atoms with Crippen LogP contribution < -0.4 is 14.8 Å². The SMILES string of the molecule is COc1ncccc1NC(=O)CS(=O)(=O)NC1CCC(C)CC1. The summed E-state index contributed by atoms with van der Waals surface area (Å²) in [6, 6.07) is 3.16. The lowest BCUT2D eigenvalue weighted by Crippen LogP contribution is -2.41. The molecule has 0 aromatic carbocycles. The summed E-state index contributed by atoms with van der Waals surface area (Å²) in [6.45, 7) is 2.17. The lowest BCUT2D eigenvalue weighted by molar-refractivity contribution is -0.113. The highest BCUT2D eigenvalue weighted by Crippen LogP contribution is 2.24. The Morgan fingerprint density at radius 2 is 2.04 bits per heavy atom. The molecule has 1 aromatic heterocycles. The number of nitrogens with one attached hydrogen (secondary N) is 2. The van der Waals surface area contributed by atoms with Crippen molar-refractivity contribution >= 4 is 21.6 Å². The van der Waals surface area contributed by atoms with Crippen LogP contribution in [0, 0.1) is 5.92 Å². The van der Waals surface area contributed by atoms with Crippen molar-refractivity contribution in [2.75, 3.05) is 18.2 Å². The van der Waals surface area contributed by atoms with Gasteiger partial charge >= 0.3 is 0 Å². The zero-order valence-corrected chi connectivity index (χ0v) is 14.2. The number of pyridine rings is 1. The molecular formula is C15H23N3O4S. The number of carbonyl (C=O) groups excluding carboxylic acids is 1. The minimum atomic E-state index is -3.66. The molecule has 8 heteroatoms. The summed E-state index contributed by atoms with van der Waals surface area (Å²) < 4.78 is 31.9. The third kappa shape index (κ3) is 5.47. The number of ether oxygens (including phenoxy) is 1. The van der Waals surface area contributed by atoms with Crippen molar-refractivity contribution in [2.45, 2.75) is 38.6 Å². The average molecular weight is 341 g/mol. The van der Waals surface area contributed by atoms with Crippen LogP contribution in [0.15, 0.2) is 18.3 Å². The Labute approximate surface area is 136 Å². The minimum absolute atomic E-state index is 0.0723. The Bertz CT molecular complexity index is 640. The van der Waals surface area contributed by atoms with E-state index in [1.807, 2.05) is 0 Å². The van der Waals surface area contributed by atoms with Gasteiger partial charge < -0.3 is 10.1 Å². The van der Waals surface area contributed by atoms with Gasteiger partial charge in [-0.3, -0.25) is 4.79 Å². The fourth-order valence-electron chi connectivity index (χ4n) is 2.68. The van der Waals surface area contributed by atoms with E-state index in [0.29, 0.717) is 11.6 Å². The first kappa shape index (κ1) is 17.7. The molecule has 0 aliphatic heterocycles. The van der Waals surface area contributed by atoms with Crippen LogP contribution in [-0.2, 0) is 14.8 Å². The molecule has 0 radical (unpaired) electrons. The number of sulfonamides is 1. The van der Waals surface area contributed by atoms with Crippen molar-refractivity contribution in [1.82, 2.24) is 9.71 Å². The molecule has 1 aliphatic carbocycles. The van der Waals surface area contributed by atoms with Gasteiger partial charge in [-0.1, -0.05) is 6.92 Å². The molecular weight excluding hydrogens is 318 g/mol. The van der Waals surface area contributed by atoms with E-state index in [9.17, 15) is 13.2 Å². The maximum atomic E-state index is 12.1. The Morgan fingerprint density at radius 1 is 1.35 bits per heavy atom. The van der Waals surface area contributed by atoms with Crippen molar-refractivity contribution in [3.05, 3.63) is 18.3 Å². The second kappa shape index (κ2) is 7.74. The number of anilines is 1. The number of methoxy groups -OCH3 is 1. The zero-order valence-electron chi connectivity index (χ0n) is 13.4. The van der Waals surface area contributed by atoms with Gasteiger partial charge in [0.05, 0.1) is 7.11 Å². The van der Waals surface area contributed by atoms with Crippen LogP contribution in [0.2, 0.25) is 0 Å². The van der Waals surface area contributed by atoms with Crippen molar-refractivity contribution in [2.24, 2.45) is 5.92 Å². The first-order valence-corrected chi connectivity index (χ1v) is 9.33. The Kier molecular flexibility index (Phi) is 5.95. The van der Waals surface area contributed by atoms with E-state index < -0.39 is 21.7 Å². The molecule has 1 amide bonds. The van der Waals surface area contributed by atoms with E-state index in [0.717, 1.165) is 25.7 Å². The predicted octanol–water partition coefficient (Wildman–Crippen LogP) is 1.53. The summed E-state index contributed by atoms with van der Waals surface area (Å²) in [7, 11) is -2.23. The lowest BCUT2D eigenvalue weighted by Gasteiger charge is -2.26. The summed E-state index contributed by atoms with van der Waals surface area (Å²) in [5, 5.41) is 2.52. The maximum Gasteiger partial charge on any atom is 0.241 e. The minimum Gasteiger partial charge on any atom is -0.480 e. The quantitative estimate of drug-likeness (QED) is 0.818. The van der Waals surface area contributed by atoms with Gasteiger partial charge in [0.1, 0.15) is 11.4 Å². The van der Waals surface area contributed by atoms with Crippen LogP contribution >= 0.6 is 0 Å². The molecule has 128 valence electrons. The number of carbonyl (C=O) groups is 1. The number of nitrogens with zero attached hydrogens (tertiary/aromatic N) is 1. The number of hydrogen-bond donors (Lipinski definition) is 2. The normalized spacial score (nSPS) is 21.7. The molecule has 1 saturated carbocycles. The largest absolute Gasteiger partial charge is 0.480 e. The van der Waals surface area contributed by atoms with Gasteiger partial charge in [0, 0.05) is 12.2 Å². The molecule has 0 spiro atoms. The molecule has 0 bridgehead atoms. The molecule has 1 heterocycles. The fourth-order valence-corrected chi connectivity index (χ4v) is 3.93. The number of amides is 1. The highest BCUT2D eigenvalue weighted by molar-refractivity contribution is 7.90. The van der Waals surface area contributed by atoms with Crippen LogP contribution in [0.3, 0.4) is 0 Å². The van der Waals surface area contributed by atoms with Gasteiger partial charge in [-0.25, -0.2) is 18.1 Å². The third-order valence-corrected chi connectivity index (χ3v) is 5.26. The summed E-state index contributed by atoms with van der Waals surface area (Å²) in [4.78, 5) is 15.9. The molecule has 2 rings (SSSR count). The van der Waals surface area contributed by atoms with Gasteiger partial charge in [0.25, 0.3) is 0 Å². The topological polar surface area (TPSA) is 97.4 Å². The molecule has 1 aliphatic rings. The highest BCUT2D eigenvalue weighted by Gasteiger charge is 2.25. The van der Waals surface area contributed by atoms with E-state index in [-0.39, 0.29) is 11.9 Å². The smallest absolute Gasteiger partial charge is 0.241 e. The van der Waals surface area contributed by atoms with Crippen molar-refractivity contribution in [1.29, 1.82) is 0 Å². The second-order valence-electron chi connectivity index (χ2n) is 5.94. The average Bonchev–Trinajstić information content (AvgIpc) is 2.49. The zero-order chi connectivity index (χ0) is 16.9. The van der Waals surface area contributed by atoms with Crippen molar-refractivity contribution < 1.29 is 17.9 Å². The van der Waals surface area contributed by atoms with Crippen LogP contribution in [0.4, 0.5) is 5.69 Å². The first-order chi connectivity index (χ1) is 10.9. The maximum absolute atomic E-state index is 12.1. The van der Waals surface area contributed by atoms with E-state index in [2.05, 4.69) is 21.9 Å². The highest BCUT2D eigenvalue weighted by atomic mass is 32.2. The molecule has 23 heavy (non-hydrogen) atoms. The number of rotatable bonds is 6. The van der Waals surface area contributed by atoms with Gasteiger partial charge in [0.2, 0.25) is 21.8 Å². The fraction of sp³-hybridized carbons (Fsp3) is 0.600. The first-order valence-electron chi connectivity index (χ1n) is 7.68. The van der Waals surface area contributed by atoms with Crippen molar-refractivity contribution in [3.63, 3.8) is 0 Å². The van der Waals surface area contributed by atoms with Gasteiger partial charge in [0.15, 0.2) is 0 Å². The Balaban J connectivity index is 1.90. The Morgan fingerprint density at radius 3 is 2.70 bits per heavy atom. The molecule has 1 aromatic rings. The van der Waals surface area contributed by atoms with Crippen LogP contribution in [0.5, 0.6) is 5.88 Å². The van der Waals surface area contributed by atoms with E-state index in [1.165, 1.54) is 13.3 Å². The van der Waals surface area contributed by atoms with E-state index >= 15 is 0 Å². The second-order valence-corrected chi connectivity index (χ2v) is 7.70. The summed E-state index contributed by atoms with van der Waals surface area (Å²) in [5.74, 6) is -0.352. The molecule has 7 nitrogen and oxygen atoms in total. The number of aromatic nitrogens is 1. The van der Waals surface area contributed by atoms with Gasteiger partial charge in [-0.2, -0.15) is 0 Å². The van der Waals surface area contributed by atoms with Gasteiger partial charge in [-0.15, -0.1) is 0 Å². The van der Waals surface area contributed by atoms with Crippen LogP contribution in [0.1, 0.15) is 32.6 Å². The number of hydrogen-bond acceptors (Lipinski definition) is 5. The van der Waals surface area contributed by atoms with Crippen molar-refractivity contribution in [3.8, 4) is 5.88 Å². The van der Waals surface area contributed by atoms with Crippen LogP contribution in [0.25, 0.3) is 0 Å². The molecule has 0 saturated heterocycles. The monoisotopic (exact) mass is 341 g/mol. The lowest BCUT2D eigenvalue weighted by atomic mass is 9.88. The third-order valence-electron chi connectivity index (χ3n) is 3.92. The summed E-state index contributed by atoms with van der Waals surface area (Å²) in [6.07, 6.45) is 5.17. The van der Waals surface area contributed by atoms with Gasteiger partial charge in [-0.05, 0) is 43.7 Å². The standard InChI is InChI=1S/C15H23N3O4S/c1-11-5-7-12(8-6-11)18-23(20,21)10-14(19)17-13-4-3-9-16-15(13)22-2/h3-4,9,11-12,18H,5-8,10H2,1-2H3,(H,17,19). The summed E-state index contributed by atoms with van der Waals surface area (Å²) in [5.41, 5.74) is 0.349. The van der Waals surface area contributed by atoms with Crippen LogP contribution in [-0.4, -0.2) is 38.2 Å². The molecule has 0 atom stereocenters. The molecule has 2 N–H and O–H groups in total. The van der Waals surface area contributed by atoms with E-state index in [1.54, 1.807) is 12.1 Å². The molecule has 1 fully saturated rings. The molecule has 0 unspecified atom stereocenters. The Hall–Kier alpha value is -1.67. The summed E-state index contributed by atoms with van der Waals surface area (Å²) >= 11 is 0. The predicted molar refractivity (Wildman–Crippen MR) is 87.8 cm³/mol. The van der Waals surface area contributed by atoms with E-state index in [4.69, 9.17) is 4.74 Å².